The summed E-state index contributed by atoms with van der Waals surface area (Å²) in [4.78, 5) is 0.272. The van der Waals surface area contributed by atoms with E-state index < -0.39 is 10.0 Å². The number of rotatable bonds is 5. The SMILES string of the molecule is COC[C@H](C)NS(=O)(=O)c1ccc2ccccc2c1. The van der Waals surface area contributed by atoms with E-state index in [0.717, 1.165) is 10.8 Å². The number of methoxy groups -OCH3 is 1. The molecule has 0 spiro atoms. The molecule has 19 heavy (non-hydrogen) atoms. The number of ether oxygens (including phenoxy) is 1. The Morgan fingerprint density at radius 2 is 1.84 bits per heavy atom. The maximum absolute atomic E-state index is 12.2. The van der Waals surface area contributed by atoms with Crippen molar-refractivity contribution in [3.8, 4) is 0 Å². The van der Waals surface area contributed by atoms with Crippen LogP contribution in [0.1, 0.15) is 6.92 Å². The Bertz CT molecular complexity index is 667. The Morgan fingerprint density at radius 3 is 2.53 bits per heavy atom. The minimum atomic E-state index is -3.50. The summed E-state index contributed by atoms with van der Waals surface area (Å²) in [6.45, 7) is 2.11. The Kier molecular flexibility index (Phi) is 4.19. The molecule has 0 fully saturated rings. The van der Waals surface area contributed by atoms with Gasteiger partial charge in [0.15, 0.2) is 0 Å². The molecule has 0 heterocycles. The number of sulfonamides is 1. The van der Waals surface area contributed by atoms with Gasteiger partial charge in [0, 0.05) is 13.2 Å². The summed E-state index contributed by atoms with van der Waals surface area (Å²) in [5, 5.41) is 1.93. The van der Waals surface area contributed by atoms with Crippen LogP contribution in [0.15, 0.2) is 47.4 Å². The molecule has 1 N–H and O–H groups in total. The molecule has 5 heteroatoms. The average molecular weight is 279 g/mol. The van der Waals surface area contributed by atoms with E-state index in [4.69, 9.17) is 4.74 Å². The second-order valence-corrected chi connectivity index (χ2v) is 6.20. The molecule has 1 atom stereocenters. The van der Waals surface area contributed by atoms with Crippen molar-refractivity contribution < 1.29 is 13.2 Å². The van der Waals surface area contributed by atoms with Crippen molar-refractivity contribution in [3.63, 3.8) is 0 Å². The van der Waals surface area contributed by atoms with Crippen LogP contribution >= 0.6 is 0 Å². The molecule has 0 saturated carbocycles. The number of hydrogen-bond donors (Lipinski definition) is 1. The van der Waals surface area contributed by atoms with Gasteiger partial charge in [-0.1, -0.05) is 30.3 Å². The molecule has 2 aromatic carbocycles. The van der Waals surface area contributed by atoms with E-state index >= 15 is 0 Å². The van der Waals surface area contributed by atoms with Crippen molar-refractivity contribution in [2.45, 2.75) is 17.9 Å². The van der Waals surface area contributed by atoms with Gasteiger partial charge in [-0.2, -0.15) is 0 Å². The molecule has 0 radical (unpaired) electrons. The van der Waals surface area contributed by atoms with Crippen molar-refractivity contribution in [3.05, 3.63) is 42.5 Å². The number of hydrogen-bond acceptors (Lipinski definition) is 3. The number of nitrogens with one attached hydrogen (secondary N) is 1. The second kappa shape index (κ2) is 5.69. The fourth-order valence-electron chi connectivity index (χ4n) is 1.95. The number of fused-ring (bicyclic) bond motifs is 1. The third kappa shape index (κ3) is 3.32. The zero-order valence-electron chi connectivity index (χ0n) is 11.0. The lowest BCUT2D eigenvalue weighted by Gasteiger charge is -2.13. The largest absolute Gasteiger partial charge is 0.383 e. The van der Waals surface area contributed by atoms with Crippen LogP contribution in [0.4, 0.5) is 0 Å². The third-order valence-corrected chi connectivity index (χ3v) is 4.39. The van der Waals surface area contributed by atoms with Gasteiger partial charge in [0.05, 0.1) is 11.5 Å². The third-order valence-electron chi connectivity index (χ3n) is 2.80. The normalized spacial score (nSPS) is 13.6. The highest BCUT2D eigenvalue weighted by Crippen LogP contribution is 2.18. The summed E-state index contributed by atoms with van der Waals surface area (Å²) >= 11 is 0. The first-order valence-electron chi connectivity index (χ1n) is 6.03. The first-order valence-corrected chi connectivity index (χ1v) is 7.51. The molecule has 0 aliphatic carbocycles. The Hall–Kier alpha value is -1.43. The summed E-state index contributed by atoms with van der Waals surface area (Å²) in [7, 11) is -1.96. The van der Waals surface area contributed by atoms with E-state index in [-0.39, 0.29) is 10.9 Å². The van der Waals surface area contributed by atoms with E-state index in [1.165, 1.54) is 0 Å². The molecule has 0 aromatic heterocycles. The summed E-state index contributed by atoms with van der Waals surface area (Å²) < 4.78 is 31.9. The van der Waals surface area contributed by atoms with Crippen LogP contribution in [-0.2, 0) is 14.8 Å². The monoisotopic (exact) mass is 279 g/mol. The highest BCUT2D eigenvalue weighted by molar-refractivity contribution is 7.89. The van der Waals surface area contributed by atoms with Crippen LogP contribution in [0, 0.1) is 0 Å². The second-order valence-electron chi connectivity index (χ2n) is 4.49. The minimum absolute atomic E-state index is 0.263. The molecule has 0 amide bonds. The fourth-order valence-corrected chi connectivity index (χ4v) is 3.21. The van der Waals surface area contributed by atoms with Crippen molar-refractivity contribution in [2.24, 2.45) is 0 Å². The van der Waals surface area contributed by atoms with E-state index in [1.807, 2.05) is 30.3 Å². The van der Waals surface area contributed by atoms with Gasteiger partial charge in [-0.25, -0.2) is 13.1 Å². The Morgan fingerprint density at radius 1 is 1.16 bits per heavy atom. The van der Waals surface area contributed by atoms with Crippen LogP contribution in [0.3, 0.4) is 0 Å². The van der Waals surface area contributed by atoms with Gasteiger partial charge in [0.2, 0.25) is 10.0 Å². The van der Waals surface area contributed by atoms with Crippen molar-refractivity contribution in [2.75, 3.05) is 13.7 Å². The van der Waals surface area contributed by atoms with Crippen LogP contribution in [0.25, 0.3) is 10.8 Å². The van der Waals surface area contributed by atoms with Crippen LogP contribution in [-0.4, -0.2) is 28.2 Å². The zero-order chi connectivity index (χ0) is 13.9. The van der Waals surface area contributed by atoms with E-state index in [0.29, 0.717) is 6.61 Å². The number of benzene rings is 2. The standard InChI is InChI=1S/C14H17NO3S/c1-11(10-18-2)15-19(16,17)14-8-7-12-5-3-4-6-13(12)9-14/h3-9,11,15H,10H2,1-2H3/t11-/m0/s1. The summed E-state index contributed by atoms with van der Waals surface area (Å²) in [5.74, 6) is 0. The summed E-state index contributed by atoms with van der Waals surface area (Å²) in [6.07, 6.45) is 0. The molecule has 2 rings (SSSR count). The molecule has 0 saturated heterocycles. The molecule has 0 aliphatic heterocycles. The molecule has 0 aliphatic rings. The Balaban J connectivity index is 2.32. The first-order chi connectivity index (χ1) is 9.03. The fraction of sp³-hybridized carbons (Fsp3) is 0.286. The molecular weight excluding hydrogens is 262 g/mol. The predicted octanol–water partition coefficient (Wildman–Crippen LogP) is 2.15. The average Bonchev–Trinajstić information content (AvgIpc) is 2.37. The predicted molar refractivity (Wildman–Crippen MR) is 75.6 cm³/mol. The maximum atomic E-state index is 12.2. The van der Waals surface area contributed by atoms with Gasteiger partial charge in [-0.3, -0.25) is 0 Å². The van der Waals surface area contributed by atoms with Gasteiger partial charge in [0.25, 0.3) is 0 Å². The summed E-state index contributed by atoms with van der Waals surface area (Å²) in [5.41, 5.74) is 0. The van der Waals surface area contributed by atoms with Gasteiger partial charge in [0.1, 0.15) is 0 Å². The molecule has 2 aromatic rings. The Labute approximate surface area is 113 Å². The molecular formula is C14H17NO3S. The smallest absolute Gasteiger partial charge is 0.240 e. The van der Waals surface area contributed by atoms with E-state index in [1.54, 1.807) is 26.2 Å². The van der Waals surface area contributed by atoms with Crippen molar-refractivity contribution in [1.82, 2.24) is 4.72 Å². The van der Waals surface area contributed by atoms with Gasteiger partial charge in [-0.05, 0) is 29.8 Å². The van der Waals surface area contributed by atoms with Crippen molar-refractivity contribution in [1.29, 1.82) is 0 Å². The lowest BCUT2D eigenvalue weighted by molar-refractivity contribution is 0.180. The molecule has 0 bridgehead atoms. The van der Waals surface area contributed by atoms with Crippen molar-refractivity contribution >= 4 is 20.8 Å². The van der Waals surface area contributed by atoms with E-state index in [2.05, 4.69) is 4.72 Å². The molecule has 0 unspecified atom stereocenters. The van der Waals surface area contributed by atoms with Gasteiger partial charge < -0.3 is 4.74 Å². The van der Waals surface area contributed by atoms with Gasteiger partial charge in [-0.15, -0.1) is 0 Å². The zero-order valence-corrected chi connectivity index (χ0v) is 11.8. The maximum Gasteiger partial charge on any atom is 0.240 e. The first kappa shape index (κ1) is 14.0. The molecule has 102 valence electrons. The lowest BCUT2D eigenvalue weighted by atomic mass is 10.1. The molecule has 4 nitrogen and oxygen atoms in total. The lowest BCUT2D eigenvalue weighted by Crippen LogP contribution is -2.35. The topological polar surface area (TPSA) is 55.4 Å². The van der Waals surface area contributed by atoms with Crippen LogP contribution in [0.2, 0.25) is 0 Å². The quantitative estimate of drug-likeness (QED) is 0.912. The summed E-state index contributed by atoms with van der Waals surface area (Å²) in [6, 6.07) is 12.5. The highest BCUT2D eigenvalue weighted by atomic mass is 32.2. The van der Waals surface area contributed by atoms with Gasteiger partial charge >= 0.3 is 0 Å². The van der Waals surface area contributed by atoms with Crippen LogP contribution in [0.5, 0.6) is 0 Å². The minimum Gasteiger partial charge on any atom is -0.383 e. The highest BCUT2D eigenvalue weighted by Gasteiger charge is 2.17. The van der Waals surface area contributed by atoms with E-state index in [9.17, 15) is 8.42 Å². The van der Waals surface area contributed by atoms with Crippen LogP contribution < -0.4 is 4.72 Å².